The van der Waals surface area contributed by atoms with Crippen LogP contribution in [0.1, 0.15) is 26.2 Å². The molecule has 1 atom stereocenters. The van der Waals surface area contributed by atoms with Crippen molar-refractivity contribution in [1.82, 2.24) is 15.2 Å². The molecule has 2 amide bonds. The van der Waals surface area contributed by atoms with Crippen LogP contribution in [0.4, 0.5) is 5.69 Å². The molecule has 1 aromatic heterocycles. The average Bonchev–Trinajstić information content (AvgIpc) is 2.66. The SMILES string of the molecule is CCN1CCCC[C@@H]1CNC(=O)C(=O)Nc1ccc2ncccc2c1. The van der Waals surface area contributed by atoms with Crippen molar-refractivity contribution in [1.29, 1.82) is 0 Å². The smallest absolute Gasteiger partial charge is 0.313 e. The molecule has 2 heterocycles. The fourth-order valence-corrected chi connectivity index (χ4v) is 3.34. The molecule has 1 aliphatic heterocycles. The standard InChI is InChI=1S/C19H24N4O2/c1-2-23-11-4-3-7-16(23)13-21-18(24)19(25)22-15-8-9-17-14(12-15)6-5-10-20-17/h5-6,8-10,12,16H,2-4,7,11,13H2,1H3,(H,21,24)(H,22,25)/t16-/m1/s1. The van der Waals surface area contributed by atoms with Crippen molar-refractivity contribution in [3.05, 3.63) is 36.5 Å². The second-order valence-electron chi connectivity index (χ2n) is 6.35. The van der Waals surface area contributed by atoms with Crippen LogP contribution in [0.25, 0.3) is 10.9 Å². The first-order valence-corrected chi connectivity index (χ1v) is 8.85. The van der Waals surface area contributed by atoms with Gasteiger partial charge < -0.3 is 10.6 Å². The van der Waals surface area contributed by atoms with Crippen molar-refractivity contribution in [3.8, 4) is 0 Å². The minimum atomic E-state index is -0.637. The van der Waals surface area contributed by atoms with Gasteiger partial charge in [0, 0.05) is 29.9 Å². The van der Waals surface area contributed by atoms with Gasteiger partial charge in [0.25, 0.3) is 0 Å². The average molecular weight is 340 g/mol. The highest BCUT2D eigenvalue weighted by atomic mass is 16.2. The minimum Gasteiger partial charge on any atom is -0.346 e. The van der Waals surface area contributed by atoms with E-state index < -0.39 is 11.8 Å². The van der Waals surface area contributed by atoms with Gasteiger partial charge in [0.15, 0.2) is 0 Å². The summed E-state index contributed by atoms with van der Waals surface area (Å²) in [5, 5.41) is 6.34. The molecule has 0 aliphatic carbocycles. The third-order valence-corrected chi connectivity index (χ3v) is 4.72. The maximum absolute atomic E-state index is 12.1. The van der Waals surface area contributed by atoms with Crippen LogP contribution in [-0.2, 0) is 9.59 Å². The Bertz CT molecular complexity index is 762. The van der Waals surface area contributed by atoms with Gasteiger partial charge in [0.1, 0.15) is 0 Å². The Hall–Kier alpha value is -2.47. The molecule has 25 heavy (non-hydrogen) atoms. The van der Waals surface area contributed by atoms with Crippen molar-refractivity contribution >= 4 is 28.4 Å². The Morgan fingerprint density at radius 1 is 1.24 bits per heavy atom. The predicted molar refractivity (Wildman–Crippen MR) is 98.3 cm³/mol. The van der Waals surface area contributed by atoms with E-state index in [9.17, 15) is 9.59 Å². The Balaban J connectivity index is 1.55. The van der Waals surface area contributed by atoms with E-state index in [-0.39, 0.29) is 0 Å². The number of piperidine rings is 1. The lowest BCUT2D eigenvalue weighted by atomic mass is 10.0. The number of anilines is 1. The summed E-state index contributed by atoms with van der Waals surface area (Å²) in [4.78, 5) is 30.8. The second-order valence-corrected chi connectivity index (χ2v) is 6.35. The van der Waals surface area contributed by atoms with Crippen LogP contribution >= 0.6 is 0 Å². The number of carbonyl (C=O) groups is 2. The number of aromatic nitrogens is 1. The molecule has 1 aliphatic rings. The summed E-state index contributed by atoms with van der Waals surface area (Å²) in [6.45, 7) is 4.68. The molecule has 2 N–H and O–H groups in total. The van der Waals surface area contributed by atoms with Gasteiger partial charge in [-0.25, -0.2) is 0 Å². The molecule has 1 saturated heterocycles. The normalized spacial score (nSPS) is 18.0. The van der Waals surface area contributed by atoms with Gasteiger partial charge in [-0.3, -0.25) is 19.5 Å². The number of nitrogens with zero attached hydrogens (tertiary/aromatic N) is 2. The van der Waals surface area contributed by atoms with Crippen LogP contribution in [0, 0.1) is 0 Å². The molecule has 6 nitrogen and oxygen atoms in total. The lowest BCUT2D eigenvalue weighted by Gasteiger charge is -2.34. The summed E-state index contributed by atoms with van der Waals surface area (Å²) in [6, 6.07) is 9.46. The Labute approximate surface area is 147 Å². The first kappa shape index (κ1) is 17.4. The van der Waals surface area contributed by atoms with E-state index in [1.54, 1.807) is 12.3 Å². The van der Waals surface area contributed by atoms with E-state index in [1.165, 1.54) is 12.8 Å². The maximum atomic E-state index is 12.1. The number of rotatable bonds is 4. The molecule has 2 aromatic rings. The predicted octanol–water partition coefficient (Wildman–Crippen LogP) is 2.16. The first-order chi connectivity index (χ1) is 12.2. The Morgan fingerprint density at radius 2 is 2.12 bits per heavy atom. The van der Waals surface area contributed by atoms with Crippen LogP contribution in [0.5, 0.6) is 0 Å². The molecule has 0 saturated carbocycles. The number of likely N-dealkylation sites (N-methyl/N-ethyl adjacent to an activating group) is 1. The molecule has 132 valence electrons. The summed E-state index contributed by atoms with van der Waals surface area (Å²) >= 11 is 0. The van der Waals surface area contributed by atoms with Crippen LogP contribution in [-0.4, -0.2) is 47.4 Å². The monoisotopic (exact) mass is 340 g/mol. The van der Waals surface area contributed by atoms with E-state index in [4.69, 9.17) is 0 Å². The summed E-state index contributed by atoms with van der Waals surface area (Å²) in [7, 11) is 0. The van der Waals surface area contributed by atoms with Crippen LogP contribution in [0.2, 0.25) is 0 Å². The third kappa shape index (κ3) is 4.33. The summed E-state index contributed by atoms with van der Waals surface area (Å²) in [5.41, 5.74) is 1.44. The molecule has 3 rings (SSSR count). The van der Waals surface area contributed by atoms with Crippen LogP contribution in [0.15, 0.2) is 36.5 Å². The van der Waals surface area contributed by atoms with E-state index in [0.717, 1.165) is 30.4 Å². The van der Waals surface area contributed by atoms with Crippen molar-refractivity contribution < 1.29 is 9.59 Å². The van der Waals surface area contributed by atoms with Crippen molar-refractivity contribution in [2.24, 2.45) is 0 Å². The summed E-state index contributed by atoms with van der Waals surface area (Å²) in [6.07, 6.45) is 5.16. The largest absolute Gasteiger partial charge is 0.346 e. The Kier molecular flexibility index (Phi) is 5.60. The Morgan fingerprint density at radius 3 is 2.96 bits per heavy atom. The lowest BCUT2D eigenvalue weighted by Crippen LogP contribution is -2.48. The zero-order valence-corrected chi connectivity index (χ0v) is 14.5. The molecule has 0 bridgehead atoms. The number of benzene rings is 1. The lowest BCUT2D eigenvalue weighted by molar-refractivity contribution is -0.136. The highest BCUT2D eigenvalue weighted by Crippen LogP contribution is 2.17. The maximum Gasteiger partial charge on any atom is 0.313 e. The third-order valence-electron chi connectivity index (χ3n) is 4.72. The van der Waals surface area contributed by atoms with Gasteiger partial charge in [-0.15, -0.1) is 0 Å². The minimum absolute atomic E-state index is 0.322. The number of likely N-dealkylation sites (tertiary alicyclic amines) is 1. The molecule has 0 radical (unpaired) electrons. The van der Waals surface area contributed by atoms with Gasteiger partial charge >= 0.3 is 11.8 Å². The number of hydrogen-bond acceptors (Lipinski definition) is 4. The van der Waals surface area contributed by atoms with Gasteiger partial charge in [-0.2, -0.15) is 0 Å². The van der Waals surface area contributed by atoms with E-state index in [0.29, 0.717) is 18.3 Å². The van der Waals surface area contributed by atoms with Crippen LogP contribution in [0.3, 0.4) is 0 Å². The molecule has 6 heteroatoms. The highest BCUT2D eigenvalue weighted by Gasteiger charge is 2.22. The van der Waals surface area contributed by atoms with Gasteiger partial charge in [-0.1, -0.05) is 19.4 Å². The summed E-state index contributed by atoms with van der Waals surface area (Å²) < 4.78 is 0. The first-order valence-electron chi connectivity index (χ1n) is 8.85. The van der Waals surface area contributed by atoms with E-state index in [2.05, 4.69) is 27.4 Å². The molecule has 1 fully saturated rings. The number of hydrogen-bond donors (Lipinski definition) is 2. The zero-order valence-electron chi connectivity index (χ0n) is 14.5. The quantitative estimate of drug-likeness (QED) is 0.837. The topological polar surface area (TPSA) is 74.3 Å². The van der Waals surface area contributed by atoms with Crippen molar-refractivity contribution in [2.45, 2.75) is 32.2 Å². The number of amides is 2. The zero-order chi connectivity index (χ0) is 17.6. The number of nitrogens with one attached hydrogen (secondary N) is 2. The van der Waals surface area contributed by atoms with Crippen molar-refractivity contribution in [3.63, 3.8) is 0 Å². The molecule has 0 unspecified atom stereocenters. The highest BCUT2D eigenvalue weighted by molar-refractivity contribution is 6.39. The van der Waals surface area contributed by atoms with Gasteiger partial charge in [0.05, 0.1) is 5.52 Å². The molecule has 0 spiro atoms. The van der Waals surface area contributed by atoms with Gasteiger partial charge in [0.2, 0.25) is 0 Å². The number of pyridine rings is 1. The number of fused-ring (bicyclic) bond motifs is 1. The fourth-order valence-electron chi connectivity index (χ4n) is 3.34. The number of carbonyl (C=O) groups excluding carboxylic acids is 2. The van der Waals surface area contributed by atoms with Crippen molar-refractivity contribution in [2.75, 3.05) is 25.0 Å². The van der Waals surface area contributed by atoms with E-state index >= 15 is 0 Å². The van der Waals surface area contributed by atoms with Crippen LogP contribution < -0.4 is 10.6 Å². The summed E-state index contributed by atoms with van der Waals surface area (Å²) in [5.74, 6) is -1.23. The van der Waals surface area contributed by atoms with Gasteiger partial charge in [-0.05, 0) is 50.2 Å². The molecular formula is C19H24N4O2. The fraction of sp³-hybridized carbons (Fsp3) is 0.421. The second kappa shape index (κ2) is 8.07. The molecule has 1 aromatic carbocycles. The van der Waals surface area contributed by atoms with E-state index in [1.807, 2.05) is 24.3 Å². The molecular weight excluding hydrogens is 316 g/mol.